The van der Waals surface area contributed by atoms with Crippen molar-refractivity contribution in [1.82, 2.24) is 0 Å². The lowest BCUT2D eigenvalue weighted by Crippen LogP contribution is -2.20. The van der Waals surface area contributed by atoms with Crippen molar-refractivity contribution in [1.29, 1.82) is 0 Å². The molecule has 2 aromatic rings. The summed E-state index contributed by atoms with van der Waals surface area (Å²) in [7, 11) is 4.91. The zero-order chi connectivity index (χ0) is 16.4. The maximum atomic E-state index is 10.9. The monoisotopic (exact) mass is 314 g/mol. The number of aliphatic hydroxyl groups excluding tert-OH is 1. The van der Waals surface area contributed by atoms with Gasteiger partial charge in [0.1, 0.15) is 17.2 Å². The lowest BCUT2D eigenvalue weighted by atomic mass is 9.77. The molecule has 2 aromatic carbocycles. The van der Waals surface area contributed by atoms with Gasteiger partial charge >= 0.3 is 0 Å². The number of ether oxygens (including phenoxy) is 3. The van der Waals surface area contributed by atoms with E-state index in [1.54, 1.807) is 21.3 Å². The molecule has 1 N–H and O–H groups in total. The zero-order valence-electron chi connectivity index (χ0n) is 13.7. The number of methoxy groups -OCH3 is 3. The molecule has 3 rings (SSSR count). The molecule has 0 heterocycles. The first kappa shape index (κ1) is 15.7. The van der Waals surface area contributed by atoms with Crippen molar-refractivity contribution in [2.24, 2.45) is 0 Å². The smallest absolute Gasteiger partial charge is 0.128 e. The van der Waals surface area contributed by atoms with E-state index in [-0.39, 0.29) is 5.92 Å². The predicted molar refractivity (Wildman–Crippen MR) is 88.6 cm³/mol. The van der Waals surface area contributed by atoms with Crippen LogP contribution >= 0.6 is 0 Å². The summed E-state index contributed by atoms with van der Waals surface area (Å²) in [6.45, 7) is 0. The van der Waals surface area contributed by atoms with Crippen LogP contribution in [0.25, 0.3) is 0 Å². The Morgan fingerprint density at radius 2 is 1.61 bits per heavy atom. The Bertz CT molecular complexity index is 661. The number of aryl methyl sites for hydroxylation is 1. The molecular formula is C19H22O4. The van der Waals surface area contributed by atoms with Gasteiger partial charge in [0, 0.05) is 17.5 Å². The summed E-state index contributed by atoms with van der Waals surface area (Å²) >= 11 is 0. The molecule has 4 heteroatoms. The first-order valence-corrected chi connectivity index (χ1v) is 7.74. The van der Waals surface area contributed by atoms with Gasteiger partial charge in [-0.1, -0.05) is 12.1 Å². The predicted octanol–water partition coefficient (Wildman–Crippen LogP) is 3.48. The van der Waals surface area contributed by atoms with E-state index in [9.17, 15) is 5.11 Å². The van der Waals surface area contributed by atoms with Gasteiger partial charge in [0.05, 0.1) is 27.4 Å². The van der Waals surface area contributed by atoms with Gasteiger partial charge in [-0.3, -0.25) is 0 Å². The number of aliphatic hydroxyl groups is 1. The number of hydrogen-bond donors (Lipinski definition) is 1. The van der Waals surface area contributed by atoms with Gasteiger partial charge in [-0.05, 0) is 42.2 Å². The Morgan fingerprint density at radius 3 is 2.22 bits per heavy atom. The minimum Gasteiger partial charge on any atom is -0.497 e. The van der Waals surface area contributed by atoms with Crippen molar-refractivity contribution in [3.8, 4) is 17.2 Å². The molecule has 0 aliphatic heterocycles. The average Bonchev–Trinajstić information content (AvgIpc) is 2.61. The van der Waals surface area contributed by atoms with E-state index in [4.69, 9.17) is 14.2 Å². The molecule has 0 bridgehead atoms. The number of rotatable bonds is 4. The van der Waals surface area contributed by atoms with Crippen LogP contribution in [0.1, 0.15) is 35.1 Å². The summed E-state index contributed by atoms with van der Waals surface area (Å²) in [5.41, 5.74) is 3.08. The van der Waals surface area contributed by atoms with E-state index in [2.05, 4.69) is 0 Å². The second-order valence-corrected chi connectivity index (χ2v) is 5.77. The van der Waals surface area contributed by atoms with Crippen molar-refractivity contribution in [2.75, 3.05) is 21.3 Å². The average molecular weight is 314 g/mol. The van der Waals surface area contributed by atoms with E-state index >= 15 is 0 Å². The topological polar surface area (TPSA) is 47.9 Å². The van der Waals surface area contributed by atoms with Crippen LogP contribution in [0.4, 0.5) is 0 Å². The highest BCUT2D eigenvalue weighted by molar-refractivity contribution is 5.50. The molecule has 4 nitrogen and oxygen atoms in total. The SMILES string of the molecule is COc1ccc(C2CCc3cc(OC)cc(OC)c3C2O)cc1. The molecule has 0 spiro atoms. The van der Waals surface area contributed by atoms with Gasteiger partial charge in [0.25, 0.3) is 0 Å². The van der Waals surface area contributed by atoms with Gasteiger partial charge in [-0.15, -0.1) is 0 Å². The molecule has 2 unspecified atom stereocenters. The van der Waals surface area contributed by atoms with Crippen LogP contribution in [-0.4, -0.2) is 26.4 Å². The number of fused-ring (bicyclic) bond motifs is 1. The van der Waals surface area contributed by atoms with E-state index in [1.807, 2.05) is 36.4 Å². The third kappa shape index (κ3) is 2.86. The second-order valence-electron chi connectivity index (χ2n) is 5.77. The van der Waals surface area contributed by atoms with Gasteiger partial charge in [-0.2, -0.15) is 0 Å². The first-order chi connectivity index (χ1) is 11.2. The standard InChI is InChI=1S/C19H22O4/c1-21-14-7-4-12(5-8-14)16-9-6-13-10-15(22-2)11-17(23-3)18(13)19(16)20/h4-5,7-8,10-11,16,19-20H,6,9H2,1-3H3. The number of hydrogen-bond acceptors (Lipinski definition) is 4. The molecular weight excluding hydrogens is 292 g/mol. The lowest BCUT2D eigenvalue weighted by Gasteiger charge is -2.32. The van der Waals surface area contributed by atoms with Crippen LogP contribution in [0, 0.1) is 0 Å². The maximum absolute atomic E-state index is 10.9. The second kappa shape index (κ2) is 6.50. The molecule has 0 amide bonds. The molecule has 1 aliphatic rings. The van der Waals surface area contributed by atoms with E-state index < -0.39 is 6.10 Å². The summed E-state index contributed by atoms with van der Waals surface area (Å²) in [4.78, 5) is 0. The highest BCUT2D eigenvalue weighted by Crippen LogP contribution is 2.46. The molecule has 0 aromatic heterocycles. The maximum Gasteiger partial charge on any atom is 0.128 e. The van der Waals surface area contributed by atoms with Crippen molar-refractivity contribution in [2.45, 2.75) is 24.9 Å². The van der Waals surface area contributed by atoms with Gasteiger partial charge in [-0.25, -0.2) is 0 Å². The van der Waals surface area contributed by atoms with Crippen LogP contribution in [0.15, 0.2) is 36.4 Å². The normalized spacial score (nSPS) is 19.8. The van der Waals surface area contributed by atoms with Crippen LogP contribution in [-0.2, 0) is 6.42 Å². The Labute approximate surface area is 136 Å². The van der Waals surface area contributed by atoms with Gasteiger partial charge in [0.15, 0.2) is 0 Å². The van der Waals surface area contributed by atoms with E-state index in [1.165, 1.54) is 0 Å². The highest BCUT2D eigenvalue weighted by Gasteiger charge is 2.32. The molecule has 122 valence electrons. The molecule has 0 saturated carbocycles. The minimum atomic E-state index is -0.590. The molecule has 23 heavy (non-hydrogen) atoms. The molecule has 0 fully saturated rings. The van der Waals surface area contributed by atoms with Crippen molar-refractivity contribution in [3.63, 3.8) is 0 Å². The lowest BCUT2D eigenvalue weighted by molar-refractivity contribution is 0.128. The fourth-order valence-corrected chi connectivity index (χ4v) is 3.36. The van der Waals surface area contributed by atoms with Crippen LogP contribution in [0.2, 0.25) is 0 Å². The fourth-order valence-electron chi connectivity index (χ4n) is 3.36. The largest absolute Gasteiger partial charge is 0.497 e. The third-order valence-corrected chi connectivity index (χ3v) is 4.60. The van der Waals surface area contributed by atoms with Crippen LogP contribution in [0.3, 0.4) is 0 Å². The Hall–Kier alpha value is -2.20. The first-order valence-electron chi connectivity index (χ1n) is 7.74. The summed E-state index contributed by atoms with van der Waals surface area (Å²) in [6, 6.07) is 11.7. The molecule has 1 aliphatic carbocycles. The summed E-state index contributed by atoms with van der Waals surface area (Å²) in [5, 5.41) is 10.9. The van der Waals surface area contributed by atoms with Gasteiger partial charge in [0.2, 0.25) is 0 Å². The molecule has 0 saturated heterocycles. The quantitative estimate of drug-likeness (QED) is 0.938. The Balaban J connectivity index is 1.97. The molecule has 0 radical (unpaired) electrons. The van der Waals surface area contributed by atoms with Crippen molar-refractivity contribution < 1.29 is 19.3 Å². The summed E-state index contributed by atoms with van der Waals surface area (Å²) < 4.78 is 16.0. The highest BCUT2D eigenvalue weighted by atomic mass is 16.5. The molecule has 2 atom stereocenters. The van der Waals surface area contributed by atoms with E-state index in [0.29, 0.717) is 5.75 Å². The fraction of sp³-hybridized carbons (Fsp3) is 0.368. The third-order valence-electron chi connectivity index (χ3n) is 4.60. The van der Waals surface area contributed by atoms with Gasteiger partial charge < -0.3 is 19.3 Å². The van der Waals surface area contributed by atoms with Crippen LogP contribution in [0.5, 0.6) is 17.2 Å². The van der Waals surface area contributed by atoms with Crippen LogP contribution < -0.4 is 14.2 Å². The number of benzene rings is 2. The Kier molecular flexibility index (Phi) is 4.44. The van der Waals surface area contributed by atoms with E-state index in [0.717, 1.165) is 41.0 Å². The van der Waals surface area contributed by atoms with Crippen molar-refractivity contribution in [3.05, 3.63) is 53.1 Å². The summed E-state index contributed by atoms with van der Waals surface area (Å²) in [5.74, 6) is 2.32. The summed E-state index contributed by atoms with van der Waals surface area (Å²) in [6.07, 6.45) is 1.18. The Morgan fingerprint density at radius 1 is 0.913 bits per heavy atom. The zero-order valence-corrected chi connectivity index (χ0v) is 13.7. The van der Waals surface area contributed by atoms with Crippen molar-refractivity contribution >= 4 is 0 Å². The minimum absolute atomic E-state index is 0.0516.